The minimum absolute atomic E-state index is 0.214. The van der Waals surface area contributed by atoms with Gasteiger partial charge in [-0.2, -0.15) is 0 Å². The summed E-state index contributed by atoms with van der Waals surface area (Å²) in [6, 6.07) is 53.6. The highest BCUT2D eigenvalue weighted by Gasteiger charge is 2.41. The number of benzene rings is 6. The average Bonchev–Trinajstić information content (AvgIpc) is 3.53. The number of hydrogen-bond acceptors (Lipinski definition) is 3. The molecule has 0 N–H and O–H groups in total. The summed E-state index contributed by atoms with van der Waals surface area (Å²) in [6.07, 6.45) is 9.23. The molecule has 0 fully saturated rings. The van der Waals surface area contributed by atoms with Crippen molar-refractivity contribution >= 4 is 33.1 Å². The van der Waals surface area contributed by atoms with Gasteiger partial charge < -0.3 is 0 Å². The first-order valence-corrected chi connectivity index (χ1v) is 17.2. The van der Waals surface area contributed by atoms with E-state index in [4.69, 9.17) is 15.0 Å². The highest BCUT2D eigenvalue weighted by molar-refractivity contribution is 6.34. The van der Waals surface area contributed by atoms with E-state index in [-0.39, 0.29) is 11.8 Å². The van der Waals surface area contributed by atoms with Crippen LogP contribution in [0.4, 0.5) is 0 Å². The lowest BCUT2D eigenvalue weighted by Crippen LogP contribution is -2.22. The van der Waals surface area contributed by atoms with E-state index >= 15 is 0 Å². The fraction of sp³-hybridized carbons (Fsp3) is 0.0426. The van der Waals surface area contributed by atoms with Gasteiger partial charge in [-0.3, -0.25) is 0 Å². The van der Waals surface area contributed by atoms with Crippen molar-refractivity contribution in [3.63, 3.8) is 0 Å². The predicted octanol–water partition coefficient (Wildman–Crippen LogP) is 11.2. The third-order valence-corrected chi connectivity index (χ3v) is 10.3. The largest absolute Gasteiger partial charge is 0.208 e. The Morgan fingerprint density at radius 1 is 0.340 bits per heavy atom. The zero-order valence-electron chi connectivity index (χ0n) is 27.2. The summed E-state index contributed by atoms with van der Waals surface area (Å²) in [6.45, 7) is 0. The molecular formula is C47H31N3. The minimum Gasteiger partial charge on any atom is -0.208 e. The molecule has 0 saturated carbocycles. The Hall–Kier alpha value is -6.45. The first-order valence-electron chi connectivity index (χ1n) is 17.2. The first kappa shape index (κ1) is 28.6. The molecule has 0 saturated heterocycles. The third-order valence-electron chi connectivity index (χ3n) is 10.3. The lowest BCUT2D eigenvalue weighted by molar-refractivity contribution is 0.699. The standard InChI is InChI=1S/C47H31N3/c1-5-16-30(17-6-1)40-34-24-13-14-25-35(34)41(31-18-7-2-8-19-31)44-39-29-28-37(36-26-15-27-38(42(36)39)43(40)44)47-49-45(32-20-9-3-10-21-32)48-46(50-47)33-22-11-4-12-23-33/h1-29,34-35H. The molecule has 6 aromatic carbocycles. The van der Waals surface area contributed by atoms with Crippen molar-refractivity contribution in [2.45, 2.75) is 0 Å². The molecule has 0 amide bonds. The maximum Gasteiger partial charge on any atom is 0.164 e. The molecule has 0 bridgehead atoms. The number of nitrogens with zero attached hydrogens (tertiary/aromatic N) is 3. The van der Waals surface area contributed by atoms with E-state index in [0.717, 1.165) is 22.1 Å². The van der Waals surface area contributed by atoms with E-state index in [0.29, 0.717) is 17.5 Å². The predicted molar refractivity (Wildman–Crippen MR) is 205 cm³/mol. The van der Waals surface area contributed by atoms with Crippen molar-refractivity contribution in [2.24, 2.45) is 11.8 Å². The molecular weight excluding hydrogens is 607 g/mol. The zero-order chi connectivity index (χ0) is 33.0. The van der Waals surface area contributed by atoms with Gasteiger partial charge in [0.25, 0.3) is 0 Å². The molecule has 234 valence electrons. The summed E-state index contributed by atoms with van der Waals surface area (Å²) < 4.78 is 0. The molecule has 0 aliphatic heterocycles. The van der Waals surface area contributed by atoms with Gasteiger partial charge in [-0.1, -0.05) is 170 Å². The topological polar surface area (TPSA) is 38.7 Å². The van der Waals surface area contributed by atoms with Crippen LogP contribution in [-0.2, 0) is 0 Å². The molecule has 3 aliphatic rings. The second-order valence-electron chi connectivity index (χ2n) is 13.1. The summed E-state index contributed by atoms with van der Waals surface area (Å²) >= 11 is 0. The Morgan fingerprint density at radius 3 is 1.26 bits per heavy atom. The summed E-state index contributed by atoms with van der Waals surface area (Å²) in [5, 5.41) is 2.40. The molecule has 1 heterocycles. The van der Waals surface area contributed by atoms with Gasteiger partial charge in [0.05, 0.1) is 0 Å². The van der Waals surface area contributed by atoms with Crippen LogP contribution < -0.4 is 0 Å². The fourth-order valence-corrected chi connectivity index (χ4v) is 8.18. The van der Waals surface area contributed by atoms with Crippen LogP contribution in [-0.4, -0.2) is 15.0 Å². The van der Waals surface area contributed by atoms with Crippen LogP contribution in [0.5, 0.6) is 0 Å². The number of hydrogen-bond donors (Lipinski definition) is 0. The van der Waals surface area contributed by atoms with Crippen molar-refractivity contribution in [1.29, 1.82) is 0 Å². The van der Waals surface area contributed by atoms with Crippen LogP contribution in [0.2, 0.25) is 0 Å². The average molecular weight is 638 g/mol. The monoisotopic (exact) mass is 637 g/mol. The zero-order valence-corrected chi connectivity index (χ0v) is 27.2. The van der Waals surface area contributed by atoms with Crippen LogP contribution in [0.3, 0.4) is 0 Å². The Balaban J connectivity index is 1.28. The Labute approximate surface area is 291 Å². The van der Waals surface area contributed by atoms with Crippen molar-refractivity contribution in [2.75, 3.05) is 0 Å². The molecule has 3 heteroatoms. The minimum atomic E-state index is 0.214. The molecule has 1 aromatic heterocycles. The summed E-state index contributed by atoms with van der Waals surface area (Å²) in [4.78, 5) is 15.2. The number of aromatic nitrogens is 3. The van der Waals surface area contributed by atoms with Gasteiger partial charge in [-0.05, 0) is 61.4 Å². The normalized spacial score (nSPS) is 17.3. The first-order chi connectivity index (χ1) is 24.8. The maximum atomic E-state index is 5.14. The second-order valence-corrected chi connectivity index (χ2v) is 13.1. The van der Waals surface area contributed by atoms with Crippen molar-refractivity contribution in [3.8, 4) is 34.2 Å². The lowest BCUT2D eigenvalue weighted by atomic mass is 9.66. The number of fused-ring (bicyclic) bond motifs is 4. The van der Waals surface area contributed by atoms with Crippen LogP contribution >= 0.6 is 0 Å². The SMILES string of the molecule is C1=CC2C(c3ccccc3)=C3C(=C(c4ccccc4)C2C=C1)c1ccc(-c2nc(-c4ccccc4)nc(-c4ccccc4)n2)c2cccc3c12. The molecule has 50 heavy (non-hydrogen) atoms. The van der Waals surface area contributed by atoms with Crippen LogP contribution in [0, 0.1) is 11.8 Å². The van der Waals surface area contributed by atoms with Gasteiger partial charge in [0, 0.05) is 28.5 Å². The van der Waals surface area contributed by atoms with E-state index in [2.05, 4.69) is 140 Å². The van der Waals surface area contributed by atoms with Crippen LogP contribution in [0.25, 0.3) is 67.2 Å². The molecule has 0 spiro atoms. The third kappa shape index (κ3) is 4.48. The van der Waals surface area contributed by atoms with E-state index in [1.54, 1.807) is 0 Å². The van der Waals surface area contributed by atoms with Gasteiger partial charge in [0.2, 0.25) is 0 Å². The number of allylic oxidation sites excluding steroid dienone is 8. The summed E-state index contributed by atoms with van der Waals surface area (Å²) in [5.74, 6) is 2.43. The molecule has 10 rings (SSSR count). The van der Waals surface area contributed by atoms with Gasteiger partial charge >= 0.3 is 0 Å². The Bertz CT molecular complexity index is 2420. The van der Waals surface area contributed by atoms with Gasteiger partial charge in [-0.25, -0.2) is 15.0 Å². The highest BCUT2D eigenvalue weighted by atomic mass is 15.0. The second kappa shape index (κ2) is 11.6. The van der Waals surface area contributed by atoms with Crippen molar-refractivity contribution in [1.82, 2.24) is 15.0 Å². The van der Waals surface area contributed by atoms with E-state index in [1.165, 1.54) is 49.9 Å². The van der Waals surface area contributed by atoms with Gasteiger partial charge in [0.15, 0.2) is 17.5 Å². The van der Waals surface area contributed by atoms with Crippen LogP contribution in [0.15, 0.2) is 176 Å². The summed E-state index contributed by atoms with van der Waals surface area (Å²) in [5.41, 5.74) is 13.4. The lowest BCUT2D eigenvalue weighted by Gasteiger charge is -2.37. The highest BCUT2D eigenvalue weighted by Crippen LogP contribution is 2.60. The maximum absolute atomic E-state index is 5.14. The molecule has 2 unspecified atom stereocenters. The van der Waals surface area contributed by atoms with E-state index in [1.807, 2.05) is 36.4 Å². The van der Waals surface area contributed by atoms with Gasteiger partial charge in [-0.15, -0.1) is 0 Å². The Kier molecular flexibility index (Phi) is 6.63. The van der Waals surface area contributed by atoms with E-state index < -0.39 is 0 Å². The smallest absolute Gasteiger partial charge is 0.164 e. The van der Waals surface area contributed by atoms with Crippen molar-refractivity contribution < 1.29 is 0 Å². The summed E-state index contributed by atoms with van der Waals surface area (Å²) in [7, 11) is 0. The molecule has 2 atom stereocenters. The quantitative estimate of drug-likeness (QED) is 0.188. The molecule has 7 aromatic rings. The molecule has 0 radical (unpaired) electrons. The molecule has 3 nitrogen and oxygen atoms in total. The van der Waals surface area contributed by atoms with Crippen molar-refractivity contribution in [3.05, 3.63) is 198 Å². The van der Waals surface area contributed by atoms with Crippen LogP contribution in [0.1, 0.15) is 22.3 Å². The number of rotatable bonds is 5. The fourth-order valence-electron chi connectivity index (χ4n) is 8.18. The van der Waals surface area contributed by atoms with E-state index in [9.17, 15) is 0 Å². The van der Waals surface area contributed by atoms with Gasteiger partial charge in [0.1, 0.15) is 0 Å². The Morgan fingerprint density at radius 2 is 0.760 bits per heavy atom. The molecule has 3 aliphatic carbocycles.